The van der Waals surface area contributed by atoms with Gasteiger partial charge in [-0.1, -0.05) is 152 Å². The van der Waals surface area contributed by atoms with Crippen molar-refractivity contribution in [3.05, 3.63) is 175 Å². The Morgan fingerprint density at radius 1 is 0.300 bits per heavy atom. The SMILES string of the molecule is Cc1ccc(-c2cccc(-c3ccc4c(c3)c3cccc5c6ccccc6c6cccc4c6c53)c2)cc1-c1cccc(-c2ccccc2)c1S. The van der Waals surface area contributed by atoms with Gasteiger partial charge in [-0.15, -0.1) is 12.6 Å². The lowest BCUT2D eigenvalue weighted by Crippen LogP contribution is -1.91. The standard InChI is InChI=1S/C49H32S/c1-30-23-24-34(28-45(30)44-22-8-17-36(49(44)50)31-11-3-2-4-12-31)32-13-7-14-33(27-32)35-25-26-39-42-20-9-18-40-37-15-5-6-16-38(37)41-19-10-21-43(46(39)29-35)48(41)47(40)42/h2-29,50H,1H3. The van der Waals surface area contributed by atoms with Crippen molar-refractivity contribution in [2.24, 2.45) is 0 Å². The van der Waals surface area contributed by atoms with Crippen LogP contribution in [-0.2, 0) is 0 Å². The average molecular weight is 653 g/mol. The molecule has 0 N–H and O–H groups in total. The molecule has 0 heterocycles. The summed E-state index contributed by atoms with van der Waals surface area (Å²) in [6, 6.07) is 62.3. The van der Waals surface area contributed by atoms with E-state index in [-0.39, 0.29) is 0 Å². The molecule has 0 amide bonds. The summed E-state index contributed by atoms with van der Waals surface area (Å²) in [6.07, 6.45) is 0. The van der Waals surface area contributed by atoms with Crippen molar-refractivity contribution in [3.8, 4) is 44.5 Å². The fourth-order valence-corrected chi connectivity index (χ4v) is 8.66. The molecule has 0 atom stereocenters. The zero-order valence-electron chi connectivity index (χ0n) is 27.6. The molecule has 50 heavy (non-hydrogen) atoms. The lowest BCUT2D eigenvalue weighted by atomic mass is 9.85. The minimum Gasteiger partial charge on any atom is -0.142 e. The van der Waals surface area contributed by atoms with Crippen LogP contribution in [0.25, 0.3) is 98.4 Å². The summed E-state index contributed by atoms with van der Waals surface area (Å²) < 4.78 is 0. The van der Waals surface area contributed by atoms with Crippen LogP contribution in [0.1, 0.15) is 5.56 Å². The Balaban J connectivity index is 1.12. The zero-order valence-corrected chi connectivity index (χ0v) is 28.5. The molecule has 0 unspecified atom stereocenters. The first-order valence-corrected chi connectivity index (χ1v) is 17.7. The van der Waals surface area contributed by atoms with Crippen molar-refractivity contribution in [1.82, 2.24) is 0 Å². The van der Waals surface area contributed by atoms with Gasteiger partial charge in [-0.05, 0) is 129 Å². The van der Waals surface area contributed by atoms with Crippen LogP contribution in [0.3, 0.4) is 0 Å². The molecule has 10 aromatic rings. The van der Waals surface area contributed by atoms with E-state index in [1.807, 2.05) is 0 Å². The fourth-order valence-electron chi connectivity index (χ4n) is 8.26. The lowest BCUT2D eigenvalue weighted by Gasteiger charge is -2.18. The van der Waals surface area contributed by atoms with Crippen molar-refractivity contribution in [3.63, 3.8) is 0 Å². The van der Waals surface area contributed by atoms with Gasteiger partial charge in [-0.3, -0.25) is 0 Å². The van der Waals surface area contributed by atoms with E-state index in [1.165, 1.54) is 92.8 Å². The predicted molar refractivity (Wildman–Crippen MR) is 219 cm³/mol. The highest BCUT2D eigenvalue weighted by Gasteiger charge is 2.17. The summed E-state index contributed by atoms with van der Waals surface area (Å²) in [5.41, 5.74) is 10.7. The van der Waals surface area contributed by atoms with Gasteiger partial charge in [0.2, 0.25) is 0 Å². The van der Waals surface area contributed by atoms with Gasteiger partial charge in [0.05, 0.1) is 0 Å². The van der Waals surface area contributed by atoms with Crippen molar-refractivity contribution < 1.29 is 0 Å². The zero-order chi connectivity index (χ0) is 33.3. The summed E-state index contributed by atoms with van der Waals surface area (Å²) in [5, 5.41) is 13.2. The highest BCUT2D eigenvalue weighted by Crippen LogP contribution is 2.45. The van der Waals surface area contributed by atoms with E-state index < -0.39 is 0 Å². The van der Waals surface area contributed by atoms with Gasteiger partial charge in [0.15, 0.2) is 0 Å². The Hall–Kier alpha value is -5.89. The molecule has 0 aliphatic rings. The van der Waals surface area contributed by atoms with Crippen molar-refractivity contribution >= 4 is 66.5 Å². The minimum absolute atomic E-state index is 1.00. The van der Waals surface area contributed by atoms with Gasteiger partial charge in [0.1, 0.15) is 0 Å². The average Bonchev–Trinajstić information content (AvgIpc) is 3.18. The highest BCUT2D eigenvalue weighted by atomic mass is 32.1. The lowest BCUT2D eigenvalue weighted by molar-refractivity contribution is 1.39. The Morgan fingerprint density at radius 3 is 1.44 bits per heavy atom. The third-order valence-corrected chi connectivity index (χ3v) is 11.1. The third kappa shape index (κ3) is 4.40. The van der Waals surface area contributed by atoms with E-state index in [0.717, 1.165) is 16.0 Å². The number of aryl methyl sites for hydroxylation is 1. The molecular weight excluding hydrogens is 621 g/mol. The van der Waals surface area contributed by atoms with Gasteiger partial charge in [0.25, 0.3) is 0 Å². The summed E-state index contributed by atoms with van der Waals surface area (Å²) >= 11 is 5.07. The molecule has 0 saturated heterocycles. The Bertz CT molecular complexity index is 2930. The summed E-state index contributed by atoms with van der Waals surface area (Å²) in [5.74, 6) is 0. The normalized spacial score (nSPS) is 11.8. The summed E-state index contributed by atoms with van der Waals surface area (Å²) in [7, 11) is 0. The number of benzene rings is 10. The van der Waals surface area contributed by atoms with Crippen LogP contribution in [0, 0.1) is 6.92 Å². The summed E-state index contributed by atoms with van der Waals surface area (Å²) in [4.78, 5) is 1.00. The van der Waals surface area contributed by atoms with E-state index in [4.69, 9.17) is 12.6 Å². The smallest absolute Gasteiger partial charge is 0.0197 e. The molecule has 10 rings (SSSR count). The molecule has 0 nitrogen and oxygen atoms in total. The molecule has 0 aliphatic carbocycles. The van der Waals surface area contributed by atoms with E-state index in [0.29, 0.717) is 0 Å². The number of hydrogen-bond acceptors (Lipinski definition) is 1. The van der Waals surface area contributed by atoms with E-state index in [2.05, 4.69) is 177 Å². The maximum atomic E-state index is 5.07. The van der Waals surface area contributed by atoms with Gasteiger partial charge < -0.3 is 0 Å². The van der Waals surface area contributed by atoms with Gasteiger partial charge in [-0.25, -0.2) is 0 Å². The van der Waals surface area contributed by atoms with E-state index >= 15 is 0 Å². The van der Waals surface area contributed by atoms with Crippen LogP contribution < -0.4 is 0 Å². The molecule has 0 spiro atoms. The highest BCUT2D eigenvalue weighted by molar-refractivity contribution is 7.80. The van der Waals surface area contributed by atoms with Gasteiger partial charge in [-0.2, -0.15) is 0 Å². The Labute approximate surface area is 297 Å². The molecule has 234 valence electrons. The molecule has 0 radical (unpaired) electrons. The van der Waals surface area contributed by atoms with E-state index in [9.17, 15) is 0 Å². The monoisotopic (exact) mass is 652 g/mol. The topological polar surface area (TPSA) is 0 Å². The quantitative estimate of drug-likeness (QED) is 0.109. The van der Waals surface area contributed by atoms with Crippen molar-refractivity contribution in [1.29, 1.82) is 0 Å². The first kappa shape index (κ1) is 29.1. The maximum absolute atomic E-state index is 5.07. The van der Waals surface area contributed by atoms with E-state index in [1.54, 1.807) is 0 Å². The van der Waals surface area contributed by atoms with Crippen LogP contribution in [0.2, 0.25) is 0 Å². The largest absolute Gasteiger partial charge is 0.142 e. The number of hydrogen-bond donors (Lipinski definition) is 1. The first-order chi connectivity index (χ1) is 24.6. The van der Waals surface area contributed by atoms with Gasteiger partial charge >= 0.3 is 0 Å². The molecule has 0 saturated carbocycles. The fraction of sp³-hybridized carbons (Fsp3) is 0.0204. The minimum atomic E-state index is 1.00. The number of fused-ring (bicyclic) bond motifs is 6. The second-order valence-electron chi connectivity index (χ2n) is 13.4. The second-order valence-corrected chi connectivity index (χ2v) is 13.9. The van der Waals surface area contributed by atoms with Crippen LogP contribution >= 0.6 is 12.6 Å². The van der Waals surface area contributed by atoms with Crippen molar-refractivity contribution in [2.75, 3.05) is 0 Å². The van der Waals surface area contributed by atoms with Crippen LogP contribution in [0.5, 0.6) is 0 Å². The van der Waals surface area contributed by atoms with Gasteiger partial charge in [0, 0.05) is 4.90 Å². The third-order valence-electron chi connectivity index (χ3n) is 10.7. The maximum Gasteiger partial charge on any atom is 0.0197 e. The Kier molecular flexibility index (Phi) is 6.59. The summed E-state index contributed by atoms with van der Waals surface area (Å²) in [6.45, 7) is 2.19. The molecular formula is C49H32S. The molecule has 1 heteroatoms. The van der Waals surface area contributed by atoms with Crippen molar-refractivity contribution in [2.45, 2.75) is 11.8 Å². The van der Waals surface area contributed by atoms with Crippen LogP contribution in [-0.4, -0.2) is 0 Å². The predicted octanol–water partition coefficient (Wildman–Crippen LogP) is 14.2. The molecule has 0 fully saturated rings. The molecule has 0 aromatic heterocycles. The number of thiol groups is 1. The molecule has 0 aliphatic heterocycles. The Morgan fingerprint density at radius 2 is 0.760 bits per heavy atom. The number of rotatable bonds is 4. The molecule has 10 aromatic carbocycles. The van der Waals surface area contributed by atoms with Crippen LogP contribution in [0.15, 0.2) is 175 Å². The first-order valence-electron chi connectivity index (χ1n) is 17.2. The second kappa shape index (κ2) is 11.3. The molecule has 0 bridgehead atoms. The van der Waals surface area contributed by atoms with Crippen LogP contribution in [0.4, 0.5) is 0 Å².